The third-order valence-electron chi connectivity index (χ3n) is 3.99. The van der Waals surface area contributed by atoms with Crippen LogP contribution in [0.2, 0.25) is 0 Å². The molecule has 0 spiro atoms. The fourth-order valence-electron chi connectivity index (χ4n) is 2.69. The molecule has 0 aromatic carbocycles. The first-order valence-electron chi connectivity index (χ1n) is 7.52. The molecule has 0 amide bonds. The Bertz CT molecular complexity index is 602. The van der Waals surface area contributed by atoms with E-state index in [0.717, 1.165) is 38.7 Å². The maximum atomic E-state index is 12.5. The normalized spacial score (nSPS) is 17.5. The van der Waals surface area contributed by atoms with Gasteiger partial charge in [0, 0.05) is 18.0 Å². The highest BCUT2D eigenvalue weighted by Crippen LogP contribution is 2.35. The Balaban J connectivity index is 1.41. The summed E-state index contributed by atoms with van der Waals surface area (Å²) in [6, 6.07) is 4.22. The lowest BCUT2D eigenvalue weighted by atomic mass is 9.97. The molecule has 1 saturated heterocycles. The van der Waals surface area contributed by atoms with Gasteiger partial charge in [-0.3, -0.25) is 4.90 Å². The summed E-state index contributed by atoms with van der Waals surface area (Å²) in [5, 5.41) is 5.51. The number of alkyl halides is 3. The average molecular weight is 361 g/mol. The molecule has 0 aliphatic carbocycles. The second-order valence-electron chi connectivity index (χ2n) is 5.71. The average Bonchev–Trinajstić information content (AvgIpc) is 3.17. The molecule has 0 radical (unpaired) electrons. The van der Waals surface area contributed by atoms with Crippen LogP contribution in [0.1, 0.15) is 22.6 Å². The molecule has 3 rings (SSSR count). The number of nitrogens with one attached hydrogen (secondary N) is 1. The van der Waals surface area contributed by atoms with Crippen LogP contribution in [0, 0.1) is 5.92 Å². The smallest absolute Gasteiger partial charge is 0.361 e. The fourth-order valence-corrected chi connectivity index (χ4v) is 4.13. The van der Waals surface area contributed by atoms with Crippen LogP contribution < -0.4 is 5.32 Å². The molecule has 126 valence electrons. The molecule has 1 aliphatic heterocycles. The summed E-state index contributed by atoms with van der Waals surface area (Å²) in [6.07, 6.45) is -1.27. The molecule has 3 nitrogen and oxygen atoms in total. The van der Waals surface area contributed by atoms with E-state index in [1.807, 2.05) is 0 Å². The Hall–Kier alpha value is -1.12. The molecule has 1 aliphatic rings. The lowest BCUT2D eigenvalue weighted by Crippen LogP contribution is -2.35. The van der Waals surface area contributed by atoms with Crippen LogP contribution in [-0.4, -0.2) is 29.5 Å². The lowest BCUT2D eigenvalue weighted by molar-refractivity contribution is -0.134. The largest absolute Gasteiger partial charge is 0.427 e. The van der Waals surface area contributed by atoms with Crippen molar-refractivity contribution in [1.82, 2.24) is 9.88 Å². The molecule has 8 heteroatoms. The number of rotatable bonds is 5. The van der Waals surface area contributed by atoms with Crippen LogP contribution in [-0.2, 0) is 12.7 Å². The highest BCUT2D eigenvalue weighted by atomic mass is 32.1. The molecule has 0 atom stereocenters. The molecule has 0 unspecified atom stereocenters. The van der Waals surface area contributed by atoms with Gasteiger partial charge in [-0.25, -0.2) is 4.98 Å². The predicted octanol–water partition coefficient (Wildman–Crippen LogP) is 4.55. The van der Waals surface area contributed by atoms with E-state index in [-0.39, 0.29) is 0 Å². The van der Waals surface area contributed by atoms with Crippen molar-refractivity contribution in [3.8, 4) is 0 Å². The van der Waals surface area contributed by atoms with E-state index in [1.165, 1.54) is 4.88 Å². The number of thiazole rings is 1. The first-order valence-corrected chi connectivity index (χ1v) is 9.22. The standard InChI is InChI=1S/C15H18F3N3S2/c16-15(17,18)13-9-20-14(23-13)19-8-11-3-5-21(6-4-11)10-12-2-1-7-22-12/h1-2,7,9,11H,3-6,8,10H2,(H,19,20). The predicted molar refractivity (Wildman–Crippen MR) is 87.9 cm³/mol. The molecule has 0 saturated carbocycles. The molecule has 3 heterocycles. The number of hydrogen-bond donors (Lipinski definition) is 1. The van der Waals surface area contributed by atoms with Gasteiger partial charge in [0.1, 0.15) is 4.88 Å². The summed E-state index contributed by atoms with van der Waals surface area (Å²) in [4.78, 5) is 6.98. The van der Waals surface area contributed by atoms with Crippen molar-refractivity contribution >= 4 is 27.8 Å². The van der Waals surface area contributed by atoms with E-state index in [0.29, 0.717) is 28.9 Å². The van der Waals surface area contributed by atoms with E-state index >= 15 is 0 Å². The van der Waals surface area contributed by atoms with Crippen molar-refractivity contribution < 1.29 is 13.2 Å². The van der Waals surface area contributed by atoms with Gasteiger partial charge in [-0.2, -0.15) is 13.2 Å². The van der Waals surface area contributed by atoms with Gasteiger partial charge in [-0.1, -0.05) is 17.4 Å². The first kappa shape index (κ1) is 16.7. The maximum Gasteiger partial charge on any atom is 0.427 e. The van der Waals surface area contributed by atoms with Crippen LogP contribution in [0.5, 0.6) is 0 Å². The Morgan fingerprint density at radius 2 is 2.09 bits per heavy atom. The van der Waals surface area contributed by atoms with Crippen molar-refractivity contribution in [3.63, 3.8) is 0 Å². The number of anilines is 1. The SMILES string of the molecule is FC(F)(F)c1cnc(NCC2CCN(Cc3cccs3)CC2)s1. The van der Waals surface area contributed by atoms with Gasteiger partial charge < -0.3 is 5.32 Å². The Morgan fingerprint density at radius 3 is 2.70 bits per heavy atom. The van der Waals surface area contributed by atoms with E-state index < -0.39 is 11.1 Å². The molecule has 2 aromatic heterocycles. The van der Waals surface area contributed by atoms with E-state index in [2.05, 4.69) is 32.7 Å². The van der Waals surface area contributed by atoms with Gasteiger partial charge in [-0.15, -0.1) is 11.3 Å². The molecular weight excluding hydrogens is 343 g/mol. The minimum absolute atomic E-state index is 0.360. The lowest BCUT2D eigenvalue weighted by Gasteiger charge is -2.31. The Kier molecular flexibility index (Phi) is 5.23. The number of hydrogen-bond acceptors (Lipinski definition) is 5. The van der Waals surface area contributed by atoms with Gasteiger partial charge in [0.15, 0.2) is 5.13 Å². The number of piperidine rings is 1. The van der Waals surface area contributed by atoms with Crippen LogP contribution >= 0.6 is 22.7 Å². The van der Waals surface area contributed by atoms with Crippen LogP contribution in [0.3, 0.4) is 0 Å². The summed E-state index contributed by atoms with van der Waals surface area (Å²) in [5.41, 5.74) is 0. The molecule has 1 N–H and O–H groups in total. The van der Waals surface area contributed by atoms with Crippen LogP contribution in [0.15, 0.2) is 23.7 Å². The molecule has 2 aromatic rings. The Morgan fingerprint density at radius 1 is 1.30 bits per heavy atom. The number of aromatic nitrogens is 1. The molecular formula is C15H18F3N3S2. The van der Waals surface area contributed by atoms with Crippen molar-refractivity contribution in [2.24, 2.45) is 5.92 Å². The van der Waals surface area contributed by atoms with Crippen molar-refractivity contribution in [2.75, 3.05) is 25.0 Å². The zero-order valence-electron chi connectivity index (χ0n) is 12.5. The third kappa shape index (κ3) is 4.68. The van der Waals surface area contributed by atoms with Crippen LogP contribution in [0.25, 0.3) is 0 Å². The van der Waals surface area contributed by atoms with Crippen LogP contribution in [0.4, 0.5) is 18.3 Å². The highest BCUT2D eigenvalue weighted by Gasteiger charge is 2.33. The zero-order valence-corrected chi connectivity index (χ0v) is 14.1. The van der Waals surface area contributed by atoms with Crippen molar-refractivity contribution in [3.05, 3.63) is 33.5 Å². The second kappa shape index (κ2) is 7.19. The van der Waals surface area contributed by atoms with E-state index in [1.54, 1.807) is 11.3 Å². The summed E-state index contributed by atoms with van der Waals surface area (Å²) >= 11 is 2.45. The topological polar surface area (TPSA) is 28.2 Å². The van der Waals surface area contributed by atoms with Gasteiger partial charge in [0.05, 0.1) is 6.20 Å². The second-order valence-corrected chi connectivity index (χ2v) is 7.77. The van der Waals surface area contributed by atoms with Crippen molar-refractivity contribution in [1.29, 1.82) is 0 Å². The molecule has 23 heavy (non-hydrogen) atoms. The third-order valence-corrected chi connectivity index (χ3v) is 5.85. The highest BCUT2D eigenvalue weighted by molar-refractivity contribution is 7.15. The number of nitrogens with zero attached hydrogens (tertiary/aromatic N) is 2. The number of likely N-dealkylation sites (tertiary alicyclic amines) is 1. The summed E-state index contributed by atoms with van der Waals surface area (Å²) in [7, 11) is 0. The molecule has 0 bridgehead atoms. The number of halogens is 3. The van der Waals surface area contributed by atoms with E-state index in [9.17, 15) is 13.2 Å². The minimum Gasteiger partial charge on any atom is -0.361 e. The minimum atomic E-state index is -4.30. The Labute approximate surface area is 141 Å². The maximum absolute atomic E-state index is 12.5. The first-order chi connectivity index (χ1) is 11.0. The quantitative estimate of drug-likeness (QED) is 0.847. The summed E-state index contributed by atoms with van der Waals surface area (Å²) in [5.74, 6) is 0.493. The van der Waals surface area contributed by atoms with Gasteiger partial charge in [0.25, 0.3) is 0 Å². The van der Waals surface area contributed by atoms with Gasteiger partial charge >= 0.3 is 6.18 Å². The molecule has 1 fully saturated rings. The monoisotopic (exact) mass is 361 g/mol. The summed E-state index contributed by atoms with van der Waals surface area (Å²) in [6.45, 7) is 3.77. The van der Waals surface area contributed by atoms with E-state index in [4.69, 9.17) is 0 Å². The van der Waals surface area contributed by atoms with Gasteiger partial charge in [0.2, 0.25) is 0 Å². The van der Waals surface area contributed by atoms with Crippen molar-refractivity contribution in [2.45, 2.75) is 25.6 Å². The summed E-state index contributed by atoms with van der Waals surface area (Å²) < 4.78 is 37.6. The zero-order chi connectivity index (χ0) is 16.3. The van der Waals surface area contributed by atoms with Gasteiger partial charge in [-0.05, 0) is 43.3 Å². The number of thiophene rings is 1. The fraction of sp³-hybridized carbons (Fsp3) is 0.533.